The maximum Gasteiger partial charge on any atom is 0.263 e. The van der Waals surface area contributed by atoms with Crippen LogP contribution in [0.25, 0.3) is 0 Å². The number of hydrogen-bond acceptors (Lipinski definition) is 7. The second-order valence-corrected chi connectivity index (χ2v) is 6.78. The maximum atomic E-state index is 12.9. The first-order valence-electron chi connectivity index (χ1n) is 8.35. The third kappa shape index (κ3) is 4.55. The van der Waals surface area contributed by atoms with Gasteiger partial charge in [-0.2, -0.15) is 0 Å². The Hall–Kier alpha value is -3.20. The Bertz CT molecular complexity index is 976. The molecule has 0 atom stereocenters. The molecule has 1 aromatic carbocycles. The average Bonchev–Trinajstić information content (AvgIpc) is 3.07. The van der Waals surface area contributed by atoms with Crippen LogP contribution in [0.1, 0.15) is 20.9 Å². The maximum absolute atomic E-state index is 12.9. The first kappa shape index (κ1) is 19.6. The Labute approximate surface area is 165 Å². The van der Waals surface area contributed by atoms with E-state index in [1.807, 2.05) is 6.07 Å². The summed E-state index contributed by atoms with van der Waals surface area (Å²) in [5.41, 5.74) is 1.42. The van der Waals surface area contributed by atoms with Crippen molar-refractivity contribution in [3.05, 3.63) is 58.5 Å². The molecular formula is C19H19FN4O3S. The van der Waals surface area contributed by atoms with Gasteiger partial charge >= 0.3 is 0 Å². The fourth-order valence-electron chi connectivity index (χ4n) is 2.47. The van der Waals surface area contributed by atoms with Crippen LogP contribution in [-0.4, -0.2) is 30.1 Å². The van der Waals surface area contributed by atoms with E-state index in [1.165, 1.54) is 23.5 Å². The van der Waals surface area contributed by atoms with Crippen molar-refractivity contribution in [3.63, 3.8) is 0 Å². The lowest BCUT2D eigenvalue weighted by Gasteiger charge is -2.11. The molecule has 0 aliphatic carbocycles. The Morgan fingerprint density at radius 2 is 2.04 bits per heavy atom. The third-order valence-electron chi connectivity index (χ3n) is 3.90. The summed E-state index contributed by atoms with van der Waals surface area (Å²) in [6.07, 6.45) is 1.11. The van der Waals surface area contributed by atoms with Crippen molar-refractivity contribution < 1.29 is 18.7 Å². The van der Waals surface area contributed by atoms with Crippen LogP contribution in [0.15, 0.2) is 36.5 Å². The summed E-state index contributed by atoms with van der Waals surface area (Å²) in [6.45, 7) is 2.05. The minimum atomic E-state index is -0.421. The Balaban J connectivity index is 1.68. The Morgan fingerprint density at radius 3 is 2.71 bits per heavy atom. The van der Waals surface area contributed by atoms with Crippen LogP contribution in [0.2, 0.25) is 0 Å². The van der Waals surface area contributed by atoms with Crippen molar-refractivity contribution in [2.45, 2.75) is 13.5 Å². The zero-order chi connectivity index (χ0) is 20.1. The fraction of sp³-hybridized carbons (Fsp3) is 0.211. The second kappa shape index (κ2) is 8.66. The number of hydrogen-bond donors (Lipinski definition) is 2. The topological polar surface area (TPSA) is 85.4 Å². The monoisotopic (exact) mass is 402 g/mol. The predicted octanol–water partition coefficient (Wildman–Crippen LogP) is 3.68. The highest BCUT2D eigenvalue weighted by Gasteiger charge is 2.16. The number of carbonyl (C=O) groups is 1. The number of anilines is 2. The zero-order valence-corrected chi connectivity index (χ0v) is 16.4. The van der Waals surface area contributed by atoms with Gasteiger partial charge in [-0.05, 0) is 31.2 Å². The SMILES string of the molecule is COc1ccc(CNC(=O)c2sc(Nc3ccc(F)cn3)nc2C)c(OC)c1. The molecule has 0 saturated heterocycles. The van der Waals surface area contributed by atoms with Crippen LogP contribution in [-0.2, 0) is 6.54 Å². The van der Waals surface area contributed by atoms with Crippen LogP contribution in [0, 0.1) is 12.7 Å². The summed E-state index contributed by atoms with van der Waals surface area (Å²) in [5, 5.41) is 6.34. The third-order valence-corrected chi connectivity index (χ3v) is 4.97. The fourth-order valence-corrected chi connectivity index (χ4v) is 3.36. The lowest BCUT2D eigenvalue weighted by molar-refractivity contribution is 0.0954. The molecule has 2 N–H and O–H groups in total. The number of rotatable bonds is 7. The van der Waals surface area contributed by atoms with Crippen molar-refractivity contribution >= 4 is 28.2 Å². The van der Waals surface area contributed by atoms with Gasteiger partial charge in [0, 0.05) is 18.2 Å². The van der Waals surface area contributed by atoms with Gasteiger partial charge in [0.2, 0.25) is 0 Å². The molecule has 0 saturated carbocycles. The van der Waals surface area contributed by atoms with E-state index in [0.29, 0.717) is 39.6 Å². The smallest absolute Gasteiger partial charge is 0.263 e. The average molecular weight is 402 g/mol. The van der Waals surface area contributed by atoms with Crippen LogP contribution in [0.5, 0.6) is 11.5 Å². The number of pyridine rings is 1. The number of carbonyl (C=O) groups excluding carboxylic acids is 1. The minimum absolute atomic E-state index is 0.243. The zero-order valence-electron chi connectivity index (χ0n) is 15.6. The molecule has 0 unspecified atom stereocenters. The van der Waals surface area contributed by atoms with Gasteiger partial charge in [0.25, 0.3) is 5.91 Å². The molecule has 0 spiro atoms. The number of amides is 1. The molecule has 146 valence electrons. The van der Waals surface area contributed by atoms with E-state index >= 15 is 0 Å². The number of aromatic nitrogens is 2. The molecule has 2 aromatic heterocycles. The van der Waals surface area contributed by atoms with E-state index in [-0.39, 0.29) is 5.91 Å². The van der Waals surface area contributed by atoms with Gasteiger partial charge < -0.3 is 20.1 Å². The molecule has 9 heteroatoms. The van der Waals surface area contributed by atoms with Crippen molar-refractivity contribution in [3.8, 4) is 11.5 Å². The number of nitrogens with one attached hydrogen (secondary N) is 2. The molecule has 7 nitrogen and oxygen atoms in total. The van der Waals surface area contributed by atoms with Gasteiger partial charge in [-0.15, -0.1) is 0 Å². The minimum Gasteiger partial charge on any atom is -0.497 e. The number of thiazole rings is 1. The standard InChI is InChI=1S/C19H19FN4O3S/c1-11-17(28-19(23-11)24-16-7-5-13(20)10-21-16)18(25)22-9-12-4-6-14(26-2)8-15(12)27-3/h4-8,10H,9H2,1-3H3,(H,22,25)(H,21,23,24). The molecule has 28 heavy (non-hydrogen) atoms. The second-order valence-electron chi connectivity index (χ2n) is 5.78. The van der Waals surface area contributed by atoms with Crippen LogP contribution in [0.4, 0.5) is 15.3 Å². The molecule has 1 amide bonds. The van der Waals surface area contributed by atoms with Crippen LogP contribution in [0.3, 0.4) is 0 Å². The van der Waals surface area contributed by atoms with Crippen molar-refractivity contribution in [1.82, 2.24) is 15.3 Å². The van der Waals surface area contributed by atoms with Gasteiger partial charge in [0.15, 0.2) is 5.13 Å². The Kier molecular flexibility index (Phi) is 6.05. The highest BCUT2D eigenvalue weighted by molar-refractivity contribution is 7.17. The highest BCUT2D eigenvalue weighted by Crippen LogP contribution is 2.27. The van der Waals surface area contributed by atoms with Crippen LogP contribution >= 0.6 is 11.3 Å². The van der Waals surface area contributed by atoms with Crippen molar-refractivity contribution in [2.75, 3.05) is 19.5 Å². The van der Waals surface area contributed by atoms with Gasteiger partial charge in [-0.1, -0.05) is 11.3 Å². The van der Waals surface area contributed by atoms with E-state index in [1.54, 1.807) is 33.3 Å². The lowest BCUT2D eigenvalue weighted by atomic mass is 10.2. The quantitative estimate of drug-likeness (QED) is 0.627. The number of halogens is 1. The van der Waals surface area contributed by atoms with Crippen LogP contribution < -0.4 is 20.1 Å². The number of ether oxygens (including phenoxy) is 2. The number of nitrogens with zero attached hydrogens (tertiary/aromatic N) is 2. The summed E-state index contributed by atoms with van der Waals surface area (Å²) >= 11 is 1.20. The molecule has 3 aromatic rings. The van der Waals surface area contributed by atoms with E-state index < -0.39 is 5.82 Å². The first-order valence-corrected chi connectivity index (χ1v) is 9.17. The van der Waals surface area contributed by atoms with Crippen molar-refractivity contribution in [2.24, 2.45) is 0 Å². The van der Waals surface area contributed by atoms with E-state index in [4.69, 9.17) is 9.47 Å². The summed E-state index contributed by atoms with van der Waals surface area (Å²) < 4.78 is 23.5. The number of methoxy groups -OCH3 is 2. The summed E-state index contributed by atoms with van der Waals surface area (Å²) in [5.74, 6) is 1.09. The van der Waals surface area contributed by atoms with Gasteiger partial charge in [0.1, 0.15) is 28.0 Å². The number of benzene rings is 1. The van der Waals surface area contributed by atoms with Crippen molar-refractivity contribution in [1.29, 1.82) is 0 Å². The normalized spacial score (nSPS) is 10.4. The predicted molar refractivity (Wildman–Crippen MR) is 105 cm³/mol. The highest BCUT2D eigenvalue weighted by atomic mass is 32.1. The molecule has 0 aliphatic heterocycles. The summed E-state index contributed by atoms with van der Waals surface area (Å²) in [6, 6.07) is 8.20. The lowest BCUT2D eigenvalue weighted by Crippen LogP contribution is -2.22. The summed E-state index contributed by atoms with van der Waals surface area (Å²) in [7, 11) is 3.14. The van der Waals surface area contributed by atoms with Gasteiger partial charge in [-0.3, -0.25) is 4.79 Å². The molecule has 3 rings (SSSR count). The molecule has 0 fully saturated rings. The molecule has 0 bridgehead atoms. The van der Waals surface area contributed by atoms with E-state index in [9.17, 15) is 9.18 Å². The molecule has 0 radical (unpaired) electrons. The largest absolute Gasteiger partial charge is 0.497 e. The molecule has 0 aliphatic rings. The first-order chi connectivity index (χ1) is 13.5. The molecule has 2 heterocycles. The number of aryl methyl sites for hydroxylation is 1. The molecular weight excluding hydrogens is 383 g/mol. The Morgan fingerprint density at radius 1 is 1.21 bits per heavy atom. The van der Waals surface area contributed by atoms with E-state index in [2.05, 4.69) is 20.6 Å². The van der Waals surface area contributed by atoms with Gasteiger partial charge in [0.05, 0.1) is 26.1 Å². The van der Waals surface area contributed by atoms with E-state index in [0.717, 1.165) is 11.8 Å². The van der Waals surface area contributed by atoms with Gasteiger partial charge in [-0.25, -0.2) is 14.4 Å². The summed E-state index contributed by atoms with van der Waals surface area (Å²) in [4.78, 5) is 21.3.